The second-order valence-electron chi connectivity index (χ2n) is 5.48. The van der Waals surface area contributed by atoms with E-state index in [1.54, 1.807) is 0 Å². The summed E-state index contributed by atoms with van der Waals surface area (Å²) in [6.45, 7) is 7.71. The van der Waals surface area contributed by atoms with Gasteiger partial charge in [-0.05, 0) is 26.3 Å². The number of hydrogen-bond acceptors (Lipinski definition) is 3. The molecule has 0 aromatic heterocycles. The van der Waals surface area contributed by atoms with E-state index >= 15 is 0 Å². The van der Waals surface area contributed by atoms with Crippen molar-refractivity contribution in [2.75, 3.05) is 26.2 Å². The molecular formula is C14H28N2O2. The fourth-order valence-electron chi connectivity index (χ4n) is 2.64. The highest BCUT2D eigenvalue weighted by Crippen LogP contribution is 2.24. The largest absolute Gasteiger partial charge is 0.480 e. The maximum absolute atomic E-state index is 11.6. The molecule has 0 aromatic carbocycles. The zero-order valence-corrected chi connectivity index (χ0v) is 11.9. The average molecular weight is 256 g/mol. The second-order valence-corrected chi connectivity index (χ2v) is 5.48. The van der Waals surface area contributed by atoms with Crippen LogP contribution < -0.4 is 5.32 Å². The smallest absolute Gasteiger partial charge is 0.323 e. The highest BCUT2D eigenvalue weighted by atomic mass is 16.4. The number of nitrogens with one attached hydrogen (secondary N) is 1. The minimum absolute atomic E-state index is 0.666. The molecule has 0 aromatic rings. The van der Waals surface area contributed by atoms with E-state index in [1.807, 2.05) is 6.92 Å². The van der Waals surface area contributed by atoms with Crippen molar-refractivity contribution >= 4 is 5.97 Å². The average Bonchev–Trinajstić information content (AvgIpc) is 2.63. The lowest BCUT2D eigenvalue weighted by molar-refractivity contribution is -0.151. The minimum atomic E-state index is -0.681. The first kappa shape index (κ1) is 15.4. The van der Waals surface area contributed by atoms with Crippen molar-refractivity contribution in [1.29, 1.82) is 0 Å². The molecule has 0 radical (unpaired) electrons. The van der Waals surface area contributed by atoms with E-state index in [1.165, 1.54) is 12.8 Å². The maximum Gasteiger partial charge on any atom is 0.323 e. The number of aliphatic carboxylic acids is 1. The molecule has 1 fully saturated rings. The van der Waals surface area contributed by atoms with E-state index in [4.69, 9.17) is 0 Å². The Hall–Kier alpha value is -0.610. The van der Waals surface area contributed by atoms with Crippen LogP contribution in [0.5, 0.6) is 0 Å². The third kappa shape index (κ3) is 4.25. The van der Waals surface area contributed by atoms with Gasteiger partial charge in [0.2, 0.25) is 0 Å². The van der Waals surface area contributed by atoms with Crippen LogP contribution >= 0.6 is 0 Å². The second kappa shape index (κ2) is 7.74. The molecule has 1 atom stereocenters. The van der Waals surface area contributed by atoms with Crippen LogP contribution in [0.25, 0.3) is 0 Å². The SMILES string of the molecule is CCCCCCC(C)(C(=O)O)N1CCCNCC1. The molecule has 1 saturated heterocycles. The third-order valence-corrected chi connectivity index (χ3v) is 4.02. The van der Waals surface area contributed by atoms with Crippen LogP contribution in [0.2, 0.25) is 0 Å². The molecule has 18 heavy (non-hydrogen) atoms. The Labute approximate surface area is 111 Å². The van der Waals surface area contributed by atoms with Crippen LogP contribution in [0.4, 0.5) is 0 Å². The monoisotopic (exact) mass is 256 g/mol. The summed E-state index contributed by atoms with van der Waals surface area (Å²) in [6, 6.07) is 0. The molecule has 4 nitrogen and oxygen atoms in total. The van der Waals surface area contributed by atoms with Gasteiger partial charge in [0.05, 0.1) is 0 Å². The standard InChI is InChI=1S/C14H28N2O2/c1-3-4-5-6-8-14(2,13(17)18)16-11-7-9-15-10-12-16/h15H,3-12H2,1-2H3,(H,17,18). The molecular weight excluding hydrogens is 228 g/mol. The molecule has 106 valence electrons. The number of unbranched alkanes of at least 4 members (excludes halogenated alkanes) is 3. The van der Waals surface area contributed by atoms with Crippen LogP contribution in [-0.2, 0) is 4.79 Å². The molecule has 0 spiro atoms. The summed E-state index contributed by atoms with van der Waals surface area (Å²) in [5.41, 5.74) is -0.681. The van der Waals surface area contributed by atoms with Gasteiger partial charge in [-0.1, -0.05) is 32.6 Å². The van der Waals surface area contributed by atoms with Crippen molar-refractivity contribution in [3.63, 3.8) is 0 Å². The molecule has 1 rings (SSSR count). The van der Waals surface area contributed by atoms with Crippen LogP contribution in [0.1, 0.15) is 52.4 Å². The summed E-state index contributed by atoms with van der Waals surface area (Å²) in [5, 5.41) is 12.9. The van der Waals surface area contributed by atoms with Crippen molar-refractivity contribution in [3.8, 4) is 0 Å². The zero-order chi connectivity index (χ0) is 13.4. The zero-order valence-electron chi connectivity index (χ0n) is 11.9. The molecule has 4 heteroatoms. The van der Waals surface area contributed by atoms with Crippen molar-refractivity contribution in [3.05, 3.63) is 0 Å². The first-order valence-corrected chi connectivity index (χ1v) is 7.30. The molecule has 1 aliphatic heterocycles. The fraction of sp³-hybridized carbons (Fsp3) is 0.929. The molecule has 0 saturated carbocycles. The Balaban J connectivity index is 2.56. The lowest BCUT2D eigenvalue weighted by Crippen LogP contribution is -2.53. The van der Waals surface area contributed by atoms with Gasteiger partial charge >= 0.3 is 5.97 Å². The molecule has 0 amide bonds. The van der Waals surface area contributed by atoms with Gasteiger partial charge in [0.1, 0.15) is 5.54 Å². The number of rotatable bonds is 7. The van der Waals surface area contributed by atoms with E-state index in [9.17, 15) is 9.90 Å². The quantitative estimate of drug-likeness (QED) is 0.685. The molecule has 1 aliphatic rings. The Bertz CT molecular complexity index is 250. The third-order valence-electron chi connectivity index (χ3n) is 4.02. The van der Waals surface area contributed by atoms with E-state index in [-0.39, 0.29) is 0 Å². The Morgan fingerprint density at radius 1 is 1.28 bits per heavy atom. The van der Waals surface area contributed by atoms with Gasteiger partial charge in [0.25, 0.3) is 0 Å². The van der Waals surface area contributed by atoms with E-state index < -0.39 is 11.5 Å². The summed E-state index contributed by atoms with van der Waals surface area (Å²) >= 11 is 0. The highest BCUT2D eigenvalue weighted by Gasteiger charge is 2.38. The van der Waals surface area contributed by atoms with Gasteiger partial charge in [-0.15, -0.1) is 0 Å². The van der Waals surface area contributed by atoms with Crippen LogP contribution in [-0.4, -0.2) is 47.7 Å². The summed E-state index contributed by atoms with van der Waals surface area (Å²) in [5.74, 6) is -0.666. The molecule has 2 N–H and O–H groups in total. The molecule has 1 heterocycles. The highest BCUT2D eigenvalue weighted by molar-refractivity contribution is 5.78. The van der Waals surface area contributed by atoms with Gasteiger partial charge in [-0.2, -0.15) is 0 Å². The summed E-state index contributed by atoms with van der Waals surface area (Å²) in [4.78, 5) is 13.8. The van der Waals surface area contributed by atoms with E-state index in [0.717, 1.165) is 51.9 Å². The molecule has 0 bridgehead atoms. The Morgan fingerprint density at radius 3 is 2.72 bits per heavy atom. The molecule has 0 aliphatic carbocycles. The van der Waals surface area contributed by atoms with Gasteiger partial charge < -0.3 is 10.4 Å². The first-order valence-electron chi connectivity index (χ1n) is 7.30. The van der Waals surface area contributed by atoms with Gasteiger partial charge in [-0.25, -0.2) is 0 Å². The lowest BCUT2D eigenvalue weighted by atomic mass is 9.91. The van der Waals surface area contributed by atoms with E-state index in [2.05, 4.69) is 17.1 Å². The Kier molecular flexibility index (Phi) is 6.65. The first-order chi connectivity index (χ1) is 8.61. The topological polar surface area (TPSA) is 52.6 Å². The minimum Gasteiger partial charge on any atom is -0.480 e. The summed E-state index contributed by atoms with van der Waals surface area (Å²) in [6.07, 6.45) is 6.36. The van der Waals surface area contributed by atoms with Crippen molar-refractivity contribution in [2.45, 2.75) is 57.9 Å². The molecule has 1 unspecified atom stereocenters. The number of carboxylic acids is 1. The van der Waals surface area contributed by atoms with Crippen LogP contribution in [0, 0.1) is 0 Å². The van der Waals surface area contributed by atoms with Crippen LogP contribution in [0.3, 0.4) is 0 Å². The number of carbonyl (C=O) groups is 1. The maximum atomic E-state index is 11.6. The predicted octanol–water partition coefficient (Wildman–Crippen LogP) is 2.10. The fourth-order valence-corrected chi connectivity index (χ4v) is 2.64. The summed E-state index contributed by atoms with van der Waals surface area (Å²) < 4.78 is 0. The lowest BCUT2D eigenvalue weighted by Gasteiger charge is -2.37. The van der Waals surface area contributed by atoms with Crippen LogP contribution in [0.15, 0.2) is 0 Å². The van der Waals surface area contributed by atoms with Gasteiger partial charge in [0, 0.05) is 19.6 Å². The van der Waals surface area contributed by atoms with Gasteiger partial charge in [0.15, 0.2) is 0 Å². The number of hydrogen-bond donors (Lipinski definition) is 2. The number of carboxylic acid groups (broad SMARTS) is 1. The predicted molar refractivity (Wildman–Crippen MR) is 73.9 cm³/mol. The Morgan fingerprint density at radius 2 is 2.06 bits per heavy atom. The van der Waals surface area contributed by atoms with E-state index in [0.29, 0.717) is 0 Å². The normalized spacial score (nSPS) is 21.2. The van der Waals surface area contributed by atoms with Crippen molar-refractivity contribution in [1.82, 2.24) is 10.2 Å². The number of nitrogens with zero attached hydrogens (tertiary/aromatic N) is 1. The summed E-state index contributed by atoms with van der Waals surface area (Å²) in [7, 11) is 0. The van der Waals surface area contributed by atoms with Crippen molar-refractivity contribution < 1.29 is 9.90 Å². The van der Waals surface area contributed by atoms with Gasteiger partial charge in [-0.3, -0.25) is 9.69 Å². The van der Waals surface area contributed by atoms with Crippen molar-refractivity contribution in [2.24, 2.45) is 0 Å².